The molecule has 2 N–H and O–H groups in total. The summed E-state index contributed by atoms with van der Waals surface area (Å²) in [7, 11) is 1.60. The van der Waals surface area contributed by atoms with E-state index in [9.17, 15) is 9.59 Å². The summed E-state index contributed by atoms with van der Waals surface area (Å²) in [6.07, 6.45) is 5.86. The largest absolute Gasteiger partial charge is 0.493 e. The van der Waals surface area contributed by atoms with Crippen LogP contribution in [0, 0.1) is 17.8 Å². The van der Waals surface area contributed by atoms with E-state index in [1.54, 1.807) is 26.2 Å². The third-order valence-corrected chi connectivity index (χ3v) is 8.47. The van der Waals surface area contributed by atoms with E-state index in [1.165, 1.54) is 0 Å². The summed E-state index contributed by atoms with van der Waals surface area (Å²) in [4.78, 5) is 26.5. The molecular weight excluding hydrogens is 520 g/mol. The monoisotopic (exact) mass is 566 g/mol. The predicted molar refractivity (Wildman–Crippen MR) is 158 cm³/mol. The van der Waals surface area contributed by atoms with Crippen molar-refractivity contribution in [1.29, 1.82) is 0 Å². The van der Waals surface area contributed by atoms with Gasteiger partial charge in [0, 0.05) is 5.56 Å². The topological polar surface area (TPSA) is 95.1 Å². The number of ether oxygens (including phenoxy) is 4. The number of alkyl carbamates (subject to hydrolysis) is 2. The van der Waals surface area contributed by atoms with Crippen molar-refractivity contribution in [3.8, 4) is 11.5 Å². The fraction of sp³-hybridized carbons (Fsp3) is 0.576. The van der Waals surface area contributed by atoms with E-state index < -0.39 is 17.8 Å². The van der Waals surface area contributed by atoms with Crippen LogP contribution in [-0.2, 0) is 21.7 Å². The Labute approximate surface area is 244 Å². The number of carbonyl (C=O) groups excluding carboxylic acids is 2. The van der Waals surface area contributed by atoms with Crippen molar-refractivity contribution in [3.63, 3.8) is 0 Å². The van der Waals surface area contributed by atoms with Crippen molar-refractivity contribution in [2.75, 3.05) is 7.11 Å². The highest BCUT2D eigenvalue weighted by Crippen LogP contribution is 2.37. The Kier molecular flexibility index (Phi) is 10.4. The Hall–Kier alpha value is -3.42. The number of hydrogen-bond acceptors (Lipinski definition) is 6. The van der Waals surface area contributed by atoms with E-state index in [1.807, 2.05) is 36.4 Å². The number of nitrogens with one attached hydrogen (secondary N) is 2. The van der Waals surface area contributed by atoms with Gasteiger partial charge in [-0.05, 0) is 80.9 Å². The highest BCUT2D eigenvalue weighted by Gasteiger charge is 2.37. The molecule has 2 aromatic carbocycles. The standard InChI is InChI=1S/C33H46N2O6/c1-22(2)27-17-15-23(3)19-29(27)41-32(37)35-33(4,34-31(36)39-21-24-11-7-6-8-12-24)25-16-18-28(38-5)30(20-25)40-26-13-9-10-14-26/h6-8,11-12,16,18,20,22-23,26-27,29H,9-10,13-15,17,19,21H2,1-5H3,(H,34,36)(H,35,37)/t23?,27?,29?,33-/m0/s1. The SMILES string of the molecule is COc1ccc([C@@](C)(NC(=O)OCc2ccccc2)NC(=O)OC2CC(C)CCC2C(C)C)cc1OC1CCCC1. The predicted octanol–water partition coefficient (Wildman–Crippen LogP) is 7.30. The van der Waals surface area contributed by atoms with Crippen LogP contribution in [0.2, 0.25) is 0 Å². The van der Waals surface area contributed by atoms with Gasteiger partial charge in [-0.15, -0.1) is 0 Å². The number of carbonyl (C=O) groups is 2. The van der Waals surface area contributed by atoms with Gasteiger partial charge in [0.2, 0.25) is 0 Å². The van der Waals surface area contributed by atoms with Gasteiger partial charge in [-0.1, -0.05) is 63.6 Å². The zero-order valence-electron chi connectivity index (χ0n) is 25.1. The maximum Gasteiger partial charge on any atom is 0.409 e. The summed E-state index contributed by atoms with van der Waals surface area (Å²) >= 11 is 0. The molecule has 0 spiro atoms. The van der Waals surface area contributed by atoms with Gasteiger partial charge in [-0.25, -0.2) is 9.59 Å². The molecule has 8 heteroatoms. The van der Waals surface area contributed by atoms with Crippen LogP contribution >= 0.6 is 0 Å². The first-order valence-electron chi connectivity index (χ1n) is 15.0. The van der Waals surface area contributed by atoms with Gasteiger partial charge in [0.15, 0.2) is 11.5 Å². The minimum Gasteiger partial charge on any atom is -0.493 e. The second-order valence-corrected chi connectivity index (χ2v) is 12.1. The second kappa shape index (κ2) is 14.0. The van der Waals surface area contributed by atoms with Crippen LogP contribution in [0.4, 0.5) is 9.59 Å². The van der Waals surface area contributed by atoms with Gasteiger partial charge in [0.1, 0.15) is 18.4 Å². The van der Waals surface area contributed by atoms with E-state index in [0.29, 0.717) is 34.8 Å². The lowest BCUT2D eigenvalue weighted by atomic mass is 9.75. The quantitative estimate of drug-likeness (QED) is 0.293. The summed E-state index contributed by atoms with van der Waals surface area (Å²) in [5.74, 6) is 2.33. The maximum absolute atomic E-state index is 13.4. The van der Waals surface area contributed by atoms with E-state index in [4.69, 9.17) is 18.9 Å². The Bertz CT molecular complexity index is 1150. The molecule has 41 heavy (non-hydrogen) atoms. The molecule has 2 amide bonds. The Morgan fingerprint density at radius 1 is 0.951 bits per heavy atom. The van der Waals surface area contributed by atoms with Crippen molar-refractivity contribution in [1.82, 2.24) is 10.6 Å². The zero-order chi connectivity index (χ0) is 29.4. The summed E-state index contributed by atoms with van der Waals surface area (Å²) in [6, 6.07) is 14.9. The molecule has 2 fully saturated rings. The molecule has 0 aliphatic heterocycles. The lowest BCUT2D eigenvalue weighted by Crippen LogP contribution is -2.57. The first kappa shape index (κ1) is 30.5. The lowest BCUT2D eigenvalue weighted by molar-refractivity contribution is 0.00157. The van der Waals surface area contributed by atoms with Crippen molar-refractivity contribution in [2.24, 2.45) is 17.8 Å². The zero-order valence-corrected chi connectivity index (χ0v) is 25.1. The molecule has 0 heterocycles. The van der Waals surface area contributed by atoms with Crippen LogP contribution in [-0.4, -0.2) is 31.5 Å². The average Bonchev–Trinajstić information content (AvgIpc) is 3.45. The smallest absolute Gasteiger partial charge is 0.409 e. The minimum atomic E-state index is -1.35. The minimum absolute atomic E-state index is 0.0991. The lowest BCUT2D eigenvalue weighted by Gasteiger charge is -2.38. The molecule has 0 radical (unpaired) electrons. The van der Waals surface area contributed by atoms with Crippen LogP contribution in [0.15, 0.2) is 48.5 Å². The van der Waals surface area contributed by atoms with Crippen molar-refractivity contribution in [3.05, 3.63) is 59.7 Å². The highest BCUT2D eigenvalue weighted by molar-refractivity contribution is 5.73. The van der Waals surface area contributed by atoms with Gasteiger partial charge in [-0.2, -0.15) is 0 Å². The molecule has 0 saturated heterocycles. The van der Waals surface area contributed by atoms with Crippen LogP contribution in [0.1, 0.15) is 83.8 Å². The molecule has 2 aliphatic carbocycles. The molecule has 4 rings (SSSR count). The van der Waals surface area contributed by atoms with Gasteiger partial charge in [0.05, 0.1) is 13.2 Å². The van der Waals surface area contributed by atoms with Crippen molar-refractivity contribution < 1.29 is 28.5 Å². The molecule has 3 unspecified atom stereocenters. The fourth-order valence-electron chi connectivity index (χ4n) is 6.03. The summed E-state index contributed by atoms with van der Waals surface area (Å²) in [6.45, 7) is 8.37. The summed E-state index contributed by atoms with van der Waals surface area (Å²) in [5, 5.41) is 5.83. The molecule has 224 valence electrons. The summed E-state index contributed by atoms with van der Waals surface area (Å²) < 4.78 is 23.5. The molecule has 0 bridgehead atoms. The molecule has 4 atom stereocenters. The van der Waals surface area contributed by atoms with Crippen LogP contribution in [0.3, 0.4) is 0 Å². The van der Waals surface area contributed by atoms with E-state index in [0.717, 1.165) is 50.5 Å². The number of benzene rings is 2. The third-order valence-electron chi connectivity index (χ3n) is 8.47. The molecule has 2 saturated carbocycles. The first-order valence-corrected chi connectivity index (χ1v) is 15.0. The van der Waals surface area contributed by atoms with Gasteiger partial charge >= 0.3 is 12.2 Å². The number of hydrogen-bond donors (Lipinski definition) is 2. The van der Waals surface area contributed by atoms with E-state index in [2.05, 4.69) is 31.4 Å². The fourth-order valence-corrected chi connectivity index (χ4v) is 6.03. The molecule has 2 aliphatic rings. The van der Waals surface area contributed by atoms with E-state index in [-0.39, 0.29) is 18.8 Å². The number of methoxy groups -OCH3 is 1. The maximum atomic E-state index is 13.4. The van der Waals surface area contributed by atoms with Crippen LogP contribution < -0.4 is 20.1 Å². The molecule has 2 aromatic rings. The van der Waals surface area contributed by atoms with Crippen LogP contribution in [0.5, 0.6) is 11.5 Å². The molecular formula is C33H46N2O6. The van der Waals surface area contributed by atoms with Gasteiger partial charge in [0.25, 0.3) is 0 Å². The summed E-state index contributed by atoms with van der Waals surface area (Å²) in [5.41, 5.74) is 0.121. The highest BCUT2D eigenvalue weighted by atomic mass is 16.6. The van der Waals surface area contributed by atoms with Crippen molar-refractivity contribution >= 4 is 12.2 Å². The Morgan fingerprint density at radius 3 is 2.34 bits per heavy atom. The second-order valence-electron chi connectivity index (χ2n) is 12.1. The molecule has 8 nitrogen and oxygen atoms in total. The number of rotatable bonds is 10. The van der Waals surface area contributed by atoms with Gasteiger partial charge in [-0.3, -0.25) is 10.6 Å². The Morgan fingerprint density at radius 2 is 1.66 bits per heavy atom. The Balaban J connectivity index is 1.56. The number of amides is 2. The average molecular weight is 567 g/mol. The first-order chi connectivity index (χ1) is 19.7. The van der Waals surface area contributed by atoms with Gasteiger partial charge < -0.3 is 18.9 Å². The van der Waals surface area contributed by atoms with Crippen molar-refractivity contribution in [2.45, 2.75) is 97.1 Å². The molecule has 0 aromatic heterocycles. The van der Waals surface area contributed by atoms with Crippen LogP contribution in [0.25, 0.3) is 0 Å². The third kappa shape index (κ3) is 8.30. The normalized spacial score (nSPS) is 22.4. The van der Waals surface area contributed by atoms with E-state index >= 15 is 0 Å².